The first-order chi connectivity index (χ1) is 13.2. The summed E-state index contributed by atoms with van der Waals surface area (Å²) in [5.41, 5.74) is 3.28. The summed E-state index contributed by atoms with van der Waals surface area (Å²) in [4.78, 5) is 12.3. The number of benzene rings is 2. The molecule has 1 aromatic heterocycles. The van der Waals surface area contributed by atoms with Crippen LogP contribution in [0.1, 0.15) is 28.5 Å². The van der Waals surface area contributed by atoms with Crippen molar-refractivity contribution >= 4 is 17.4 Å². The number of ether oxygens (including phenoxy) is 1. The number of anilines is 2. The molecule has 0 aliphatic rings. The Morgan fingerprint density at radius 2 is 1.78 bits per heavy atom. The van der Waals surface area contributed by atoms with Crippen LogP contribution < -0.4 is 15.4 Å². The number of para-hydroxylation sites is 2. The van der Waals surface area contributed by atoms with Gasteiger partial charge >= 0.3 is 0 Å². The molecule has 0 saturated carbocycles. The molecule has 0 aliphatic heterocycles. The van der Waals surface area contributed by atoms with E-state index < -0.39 is 0 Å². The van der Waals surface area contributed by atoms with E-state index in [-0.39, 0.29) is 11.6 Å². The lowest BCUT2D eigenvalue weighted by Crippen LogP contribution is -2.24. The number of nitrogens with zero attached hydrogens (tertiary/aromatic N) is 2. The van der Waals surface area contributed by atoms with Crippen molar-refractivity contribution in [3.8, 4) is 5.75 Å². The van der Waals surface area contributed by atoms with Crippen LogP contribution in [0.15, 0.2) is 60.7 Å². The fourth-order valence-electron chi connectivity index (χ4n) is 2.58. The lowest BCUT2D eigenvalue weighted by Gasteiger charge is -2.11. The maximum atomic E-state index is 12.3. The molecular weight excluding hydrogens is 340 g/mol. The van der Waals surface area contributed by atoms with E-state index in [1.807, 2.05) is 62.4 Å². The topological polar surface area (TPSA) is 76.1 Å². The van der Waals surface area contributed by atoms with E-state index in [0.717, 1.165) is 22.6 Å². The highest BCUT2D eigenvalue weighted by Crippen LogP contribution is 2.26. The third kappa shape index (κ3) is 4.82. The number of nitrogens with one attached hydrogen (secondary N) is 2. The minimum Gasteiger partial charge on any atom is -0.492 e. The van der Waals surface area contributed by atoms with Gasteiger partial charge in [-0.1, -0.05) is 36.4 Å². The predicted octanol–water partition coefficient (Wildman–Crippen LogP) is 3.86. The van der Waals surface area contributed by atoms with Gasteiger partial charge in [0.2, 0.25) is 0 Å². The highest BCUT2D eigenvalue weighted by molar-refractivity contribution is 5.92. The zero-order chi connectivity index (χ0) is 19.1. The Bertz CT molecular complexity index is 910. The number of rotatable bonds is 7. The van der Waals surface area contributed by atoms with Gasteiger partial charge in [-0.05, 0) is 49.2 Å². The Labute approximate surface area is 158 Å². The third-order valence-electron chi connectivity index (χ3n) is 4.05. The first kappa shape index (κ1) is 18.4. The molecule has 3 rings (SSSR count). The summed E-state index contributed by atoms with van der Waals surface area (Å²) >= 11 is 0. The fraction of sp³-hybridized carbons (Fsp3) is 0.190. The average molecular weight is 362 g/mol. The predicted molar refractivity (Wildman–Crippen MR) is 105 cm³/mol. The van der Waals surface area contributed by atoms with E-state index >= 15 is 0 Å². The molecule has 0 radical (unpaired) electrons. The van der Waals surface area contributed by atoms with Gasteiger partial charge < -0.3 is 15.4 Å². The second kappa shape index (κ2) is 8.80. The average Bonchev–Trinajstić information content (AvgIpc) is 2.69. The van der Waals surface area contributed by atoms with E-state index in [1.54, 1.807) is 12.1 Å². The van der Waals surface area contributed by atoms with Crippen LogP contribution in [0.4, 0.5) is 11.5 Å². The van der Waals surface area contributed by atoms with Crippen molar-refractivity contribution in [1.82, 2.24) is 15.5 Å². The fourth-order valence-corrected chi connectivity index (χ4v) is 2.58. The lowest BCUT2D eigenvalue weighted by molar-refractivity contribution is 0.0945. The van der Waals surface area contributed by atoms with Gasteiger partial charge in [0.05, 0.1) is 12.3 Å². The summed E-state index contributed by atoms with van der Waals surface area (Å²) in [6.45, 7) is 4.97. The highest BCUT2D eigenvalue weighted by Gasteiger charge is 2.10. The second-order valence-corrected chi connectivity index (χ2v) is 5.97. The monoisotopic (exact) mass is 362 g/mol. The van der Waals surface area contributed by atoms with Crippen molar-refractivity contribution < 1.29 is 9.53 Å². The number of hydrogen-bond acceptors (Lipinski definition) is 5. The van der Waals surface area contributed by atoms with Gasteiger partial charge in [-0.3, -0.25) is 4.79 Å². The maximum absolute atomic E-state index is 12.3. The minimum atomic E-state index is -0.257. The van der Waals surface area contributed by atoms with Crippen LogP contribution in [0.5, 0.6) is 5.75 Å². The van der Waals surface area contributed by atoms with Gasteiger partial charge in [0.15, 0.2) is 11.5 Å². The van der Waals surface area contributed by atoms with Crippen molar-refractivity contribution in [1.29, 1.82) is 0 Å². The highest BCUT2D eigenvalue weighted by atomic mass is 16.5. The minimum absolute atomic E-state index is 0.257. The summed E-state index contributed by atoms with van der Waals surface area (Å²) in [6, 6.07) is 18.9. The smallest absolute Gasteiger partial charge is 0.272 e. The van der Waals surface area contributed by atoms with Gasteiger partial charge in [0.25, 0.3) is 5.91 Å². The third-order valence-corrected chi connectivity index (χ3v) is 4.05. The molecule has 1 amide bonds. The molecule has 0 bridgehead atoms. The van der Waals surface area contributed by atoms with Crippen LogP contribution in [0, 0.1) is 6.92 Å². The maximum Gasteiger partial charge on any atom is 0.272 e. The number of carbonyl (C=O) groups excluding carboxylic acids is 1. The van der Waals surface area contributed by atoms with Crippen LogP contribution in [-0.2, 0) is 6.54 Å². The normalized spacial score (nSPS) is 10.3. The second-order valence-electron chi connectivity index (χ2n) is 5.97. The van der Waals surface area contributed by atoms with Crippen molar-refractivity contribution in [3.05, 3.63) is 77.5 Å². The summed E-state index contributed by atoms with van der Waals surface area (Å²) in [5, 5.41) is 14.1. The lowest BCUT2D eigenvalue weighted by atomic mass is 10.1. The number of amides is 1. The Morgan fingerprint density at radius 3 is 2.52 bits per heavy atom. The van der Waals surface area contributed by atoms with E-state index in [0.29, 0.717) is 19.0 Å². The SMILES string of the molecule is CCOc1ccccc1Nc1ccc(C(=O)NCc2ccccc2C)nn1. The molecule has 0 atom stereocenters. The summed E-state index contributed by atoms with van der Waals surface area (Å²) in [6.07, 6.45) is 0. The Balaban J connectivity index is 1.63. The molecule has 0 unspecified atom stereocenters. The molecule has 0 fully saturated rings. The molecule has 2 aromatic carbocycles. The Morgan fingerprint density at radius 1 is 1.00 bits per heavy atom. The summed E-state index contributed by atoms with van der Waals surface area (Å²) < 4.78 is 5.58. The van der Waals surface area contributed by atoms with Crippen LogP contribution >= 0.6 is 0 Å². The van der Waals surface area contributed by atoms with Crippen LogP contribution in [0.25, 0.3) is 0 Å². The molecule has 2 N–H and O–H groups in total. The van der Waals surface area contributed by atoms with Gasteiger partial charge in [0.1, 0.15) is 5.75 Å². The molecule has 1 heterocycles. The van der Waals surface area contributed by atoms with Crippen molar-refractivity contribution in [2.24, 2.45) is 0 Å². The molecule has 3 aromatic rings. The zero-order valence-corrected chi connectivity index (χ0v) is 15.4. The van der Waals surface area contributed by atoms with Gasteiger partial charge in [-0.25, -0.2) is 0 Å². The molecule has 0 saturated heterocycles. The Kier molecular flexibility index (Phi) is 5.99. The molecule has 6 heteroatoms. The molecular formula is C21H22N4O2. The van der Waals surface area contributed by atoms with E-state index in [1.165, 1.54) is 0 Å². The van der Waals surface area contributed by atoms with E-state index in [9.17, 15) is 4.79 Å². The largest absolute Gasteiger partial charge is 0.492 e. The van der Waals surface area contributed by atoms with Gasteiger partial charge in [-0.2, -0.15) is 0 Å². The van der Waals surface area contributed by atoms with Crippen molar-refractivity contribution in [2.75, 3.05) is 11.9 Å². The molecule has 0 spiro atoms. The van der Waals surface area contributed by atoms with Crippen LogP contribution in [0.2, 0.25) is 0 Å². The quantitative estimate of drug-likeness (QED) is 0.667. The molecule has 6 nitrogen and oxygen atoms in total. The first-order valence-corrected chi connectivity index (χ1v) is 8.82. The standard InChI is InChI=1S/C21H22N4O2/c1-3-27-19-11-7-6-10-17(19)23-20-13-12-18(24-25-20)21(26)22-14-16-9-5-4-8-15(16)2/h4-13H,3,14H2,1-2H3,(H,22,26)(H,23,25). The van der Waals surface area contributed by atoms with E-state index in [4.69, 9.17) is 4.74 Å². The number of carbonyl (C=O) groups is 1. The van der Waals surface area contributed by atoms with Crippen molar-refractivity contribution in [3.63, 3.8) is 0 Å². The zero-order valence-electron chi connectivity index (χ0n) is 15.4. The van der Waals surface area contributed by atoms with Crippen LogP contribution in [0.3, 0.4) is 0 Å². The summed E-state index contributed by atoms with van der Waals surface area (Å²) in [5.74, 6) is 1.02. The summed E-state index contributed by atoms with van der Waals surface area (Å²) in [7, 11) is 0. The molecule has 0 aliphatic carbocycles. The van der Waals surface area contributed by atoms with Gasteiger partial charge in [0, 0.05) is 6.54 Å². The van der Waals surface area contributed by atoms with Crippen molar-refractivity contribution in [2.45, 2.75) is 20.4 Å². The number of aryl methyl sites for hydroxylation is 1. The molecule has 138 valence electrons. The molecule has 27 heavy (non-hydrogen) atoms. The van der Waals surface area contributed by atoms with Crippen LogP contribution in [-0.4, -0.2) is 22.7 Å². The number of aromatic nitrogens is 2. The Hall–Kier alpha value is -3.41. The first-order valence-electron chi connectivity index (χ1n) is 8.82. The van der Waals surface area contributed by atoms with Gasteiger partial charge in [-0.15, -0.1) is 10.2 Å². The van der Waals surface area contributed by atoms with E-state index in [2.05, 4.69) is 20.8 Å². The number of hydrogen-bond donors (Lipinski definition) is 2.